The van der Waals surface area contributed by atoms with Gasteiger partial charge in [0.15, 0.2) is 0 Å². The Balaban J connectivity index is 1.69. The fraction of sp³-hybridized carbons (Fsp3) is 0.158. The maximum absolute atomic E-state index is 12.0. The van der Waals surface area contributed by atoms with E-state index in [-0.39, 0.29) is 36.1 Å². The van der Waals surface area contributed by atoms with Crippen molar-refractivity contribution in [2.45, 2.75) is 6.42 Å². The summed E-state index contributed by atoms with van der Waals surface area (Å²) in [6, 6.07) is 10.7. The van der Waals surface area contributed by atoms with Crippen molar-refractivity contribution in [2.75, 3.05) is 13.1 Å². The molecule has 0 aliphatic rings. The Kier molecular flexibility index (Phi) is 8.93. The van der Waals surface area contributed by atoms with Crippen LogP contribution in [0.5, 0.6) is 11.5 Å². The number of nitrogens with one attached hydrogen (secondary N) is 2. The number of amides is 2. The second kappa shape index (κ2) is 11.4. The highest BCUT2D eigenvalue weighted by Gasteiger charge is 2.09. The number of hydrogen-bond acceptors (Lipinski definition) is 8. The van der Waals surface area contributed by atoms with Crippen LogP contribution in [0.2, 0.25) is 0 Å². The van der Waals surface area contributed by atoms with Gasteiger partial charge < -0.3 is 19.0 Å². The number of rotatable bonds is 11. The van der Waals surface area contributed by atoms with Crippen LogP contribution >= 0.6 is 0 Å². The van der Waals surface area contributed by atoms with E-state index in [1.807, 2.05) is 0 Å². The molecule has 0 aliphatic heterocycles. The zero-order chi connectivity index (χ0) is 24.5. The van der Waals surface area contributed by atoms with E-state index >= 15 is 0 Å². The Morgan fingerprint density at radius 3 is 1.79 bits per heavy atom. The summed E-state index contributed by atoms with van der Waals surface area (Å²) in [5, 5.41) is 5.26. The molecule has 0 radical (unpaired) electrons. The monoisotopic (exact) mass is 500 g/mol. The Bertz CT molecular complexity index is 1210. The molecule has 0 saturated heterocycles. The van der Waals surface area contributed by atoms with Gasteiger partial charge in [0.05, 0.1) is 0 Å². The number of hydrogen-bond donors (Lipinski definition) is 4. The first kappa shape index (κ1) is 25.8. The first-order valence-corrected chi connectivity index (χ1v) is 11.9. The molecule has 33 heavy (non-hydrogen) atoms. The van der Waals surface area contributed by atoms with E-state index < -0.39 is 26.7 Å². The second-order valence-electron chi connectivity index (χ2n) is 6.35. The van der Waals surface area contributed by atoms with E-state index in [4.69, 9.17) is 9.11 Å². The summed E-state index contributed by atoms with van der Waals surface area (Å²) >= 11 is 0. The van der Waals surface area contributed by atoms with E-state index in [0.29, 0.717) is 12.0 Å². The van der Waals surface area contributed by atoms with Crippen LogP contribution in [0.3, 0.4) is 0 Å². The maximum atomic E-state index is 12.0. The van der Waals surface area contributed by atoms with E-state index in [0.717, 1.165) is 0 Å². The lowest BCUT2D eigenvalue weighted by atomic mass is 10.2. The van der Waals surface area contributed by atoms with Gasteiger partial charge >= 0.3 is 20.8 Å². The average molecular weight is 501 g/mol. The Labute approximate surface area is 190 Å². The summed E-state index contributed by atoms with van der Waals surface area (Å²) in [6.07, 6.45) is 3.20. The van der Waals surface area contributed by atoms with Gasteiger partial charge in [-0.1, -0.05) is 12.1 Å². The van der Waals surface area contributed by atoms with Crippen molar-refractivity contribution in [3.63, 3.8) is 0 Å². The predicted octanol–water partition coefficient (Wildman–Crippen LogP) is 0.999. The van der Waals surface area contributed by atoms with Gasteiger partial charge in [0.25, 0.3) is 5.91 Å². The molecular weight excluding hydrogens is 480 g/mol. The van der Waals surface area contributed by atoms with Crippen LogP contribution < -0.4 is 19.0 Å². The van der Waals surface area contributed by atoms with Gasteiger partial charge in [-0.2, -0.15) is 16.8 Å². The Hall–Kier alpha value is -3.46. The van der Waals surface area contributed by atoms with Crippen molar-refractivity contribution in [1.29, 1.82) is 0 Å². The molecule has 2 amide bonds. The van der Waals surface area contributed by atoms with Gasteiger partial charge in [-0.05, 0) is 54.5 Å². The molecule has 0 bridgehead atoms. The van der Waals surface area contributed by atoms with Gasteiger partial charge in [-0.15, -0.1) is 0 Å². The van der Waals surface area contributed by atoms with E-state index in [1.165, 1.54) is 60.7 Å². The molecule has 2 aromatic carbocycles. The van der Waals surface area contributed by atoms with Crippen LogP contribution in [-0.4, -0.2) is 50.8 Å². The molecule has 0 spiro atoms. The summed E-state index contributed by atoms with van der Waals surface area (Å²) in [6.45, 7) is 0.549. The summed E-state index contributed by atoms with van der Waals surface area (Å²) in [4.78, 5) is 23.8. The SMILES string of the molecule is O=C(C=Cc1ccc(OS(=O)(=O)O)cc1)NCCCNC(=O)c1ccc(OS(=O)(=O)O)cc1. The number of carbonyl (C=O) groups excluding carboxylic acids is 2. The lowest BCUT2D eigenvalue weighted by Gasteiger charge is -2.07. The fourth-order valence-electron chi connectivity index (χ4n) is 2.37. The molecule has 0 unspecified atom stereocenters. The van der Waals surface area contributed by atoms with E-state index in [1.54, 1.807) is 0 Å². The third kappa shape index (κ3) is 10.6. The van der Waals surface area contributed by atoms with Crippen LogP contribution in [-0.2, 0) is 25.6 Å². The zero-order valence-electron chi connectivity index (χ0n) is 16.9. The molecular formula is C19H20N2O10S2. The summed E-state index contributed by atoms with van der Waals surface area (Å²) in [5.74, 6) is -1.02. The zero-order valence-corrected chi connectivity index (χ0v) is 18.5. The molecule has 0 aromatic heterocycles. The number of benzene rings is 2. The largest absolute Gasteiger partial charge is 0.446 e. The summed E-state index contributed by atoms with van der Waals surface area (Å²) < 4.78 is 68.2. The third-order valence-corrected chi connectivity index (χ3v) is 4.57. The number of carbonyl (C=O) groups is 2. The quantitative estimate of drug-likeness (QED) is 0.197. The maximum Gasteiger partial charge on any atom is 0.446 e. The predicted molar refractivity (Wildman–Crippen MR) is 116 cm³/mol. The second-order valence-corrected chi connectivity index (χ2v) is 8.39. The fourth-order valence-corrected chi connectivity index (χ4v) is 3.08. The Morgan fingerprint density at radius 2 is 1.27 bits per heavy atom. The van der Waals surface area contributed by atoms with Crippen molar-refractivity contribution >= 4 is 38.7 Å². The molecule has 0 heterocycles. The van der Waals surface area contributed by atoms with Crippen molar-refractivity contribution in [3.05, 3.63) is 65.7 Å². The molecule has 0 fully saturated rings. The molecule has 0 atom stereocenters. The van der Waals surface area contributed by atoms with Crippen LogP contribution in [0.1, 0.15) is 22.3 Å². The average Bonchev–Trinajstić information content (AvgIpc) is 2.71. The molecule has 2 aromatic rings. The minimum atomic E-state index is -4.64. The molecule has 178 valence electrons. The first-order chi connectivity index (χ1) is 15.4. The highest BCUT2D eigenvalue weighted by atomic mass is 32.3. The van der Waals surface area contributed by atoms with Crippen molar-refractivity contribution in [1.82, 2.24) is 10.6 Å². The van der Waals surface area contributed by atoms with Crippen LogP contribution in [0, 0.1) is 0 Å². The molecule has 0 aliphatic carbocycles. The first-order valence-electron chi connectivity index (χ1n) is 9.19. The minimum absolute atomic E-state index is 0.0801. The molecule has 0 saturated carbocycles. The summed E-state index contributed by atoms with van der Waals surface area (Å²) in [7, 11) is -9.24. The van der Waals surface area contributed by atoms with Crippen LogP contribution in [0.4, 0.5) is 0 Å². The molecule has 14 heteroatoms. The van der Waals surface area contributed by atoms with Crippen molar-refractivity contribution < 1.29 is 43.9 Å². The van der Waals surface area contributed by atoms with E-state index in [2.05, 4.69) is 19.0 Å². The normalized spacial score (nSPS) is 11.7. The summed E-state index contributed by atoms with van der Waals surface area (Å²) in [5.41, 5.74) is 0.839. The molecule has 2 rings (SSSR count). The standard InChI is InChI=1S/C19H20N2O10S2/c22-18(11-4-14-2-7-16(8-3-14)30-32(24,25)26)20-12-1-13-21-19(23)15-5-9-17(10-6-15)31-33(27,28)29/h2-11H,1,12-13H2,(H,20,22)(H,21,23)(H,24,25,26)(H,27,28,29). The highest BCUT2D eigenvalue weighted by molar-refractivity contribution is 7.81. The van der Waals surface area contributed by atoms with Gasteiger partial charge in [0.1, 0.15) is 11.5 Å². The van der Waals surface area contributed by atoms with Crippen LogP contribution in [0.25, 0.3) is 6.08 Å². The molecule has 12 nitrogen and oxygen atoms in total. The van der Waals surface area contributed by atoms with Crippen molar-refractivity contribution in [3.8, 4) is 11.5 Å². The van der Waals surface area contributed by atoms with Gasteiger partial charge in [-0.25, -0.2) is 0 Å². The van der Waals surface area contributed by atoms with Gasteiger partial charge in [-0.3, -0.25) is 18.7 Å². The van der Waals surface area contributed by atoms with Crippen molar-refractivity contribution in [2.24, 2.45) is 0 Å². The lowest BCUT2D eigenvalue weighted by Crippen LogP contribution is -2.29. The lowest BCUT2D eigenvalue weighted by molar-refractivity contribution is -0.116. The van der Waals surface area contributed by atoms with Gasteiger partial charge in [0, 0.05) is 24.7 Å². The van der Waals surface area contributed by atoms with Crippen LogP contribution in [0.15, 0.2) is 54.6 Å². The highest BCUT2D eigenvalue weighted by Crippen LogP contribution is 2.15. The van der Waals surface area contributed by atoms with Gasteiger partial charge in [0.2, 0.25) is 5.91 Å². The Morgan fingerprint density at radius 1 is 0.788 bits per heavy atom. The topological polar surface area (TPSA) is 185 Å². The smallest absolute Gasteiger partial charge is 0.362 e. The van der Waals surface area contributed by atoms with E-state index in [9.17, 15) is 26.4 Å². The minimum Gasteiger partial charge on any atom is -0.362 e. The molecule has 4 N–H and O–H groups in total. The third-order valence-electron chi connectivity index (χ3n) is 3.77.